The summed E-state index contributed by atoms with van der Waals surface area (Å²) < 4.78 is 7.91. The van der Waals surface area contributed by atoms with Crippen LogP contribution < -0.4 is 52.2 Å². The van der Waals surface area contributed by atoms with Gasteiger partial charge in [0.2, 0.25) is 0 Å². The zero-order chi connectivity index (χ0) is 64.2. The van der Waals surface area contributed by atoms with Gasteiger partial charge in [-0.3, -0.25) is 0 Å². The van der Waals surface area contributed by atoms with Gasteiger partial charge < -0.3 is 19.4 Å². The molecule has 1 spiro atoms. The molecule has 6 heteroatoms. The van der Waals surface area contributed by atoms with Crippen molar-refractivity contribution >= 4 is 108 Å². The first-order valence-corrected chi connectivity index (χ1v) is 34.0. The summed E-state index contributed by atoms with van der Waals surface area (Å²) in [4.78, 5) is 7.70. The average molecular weight is 1220 g/mol. The number of hydrogen-bond donors (Lipinski definition) is 0. The molecular formula is C89H71B2N3O. The Labute approximate surface area is 558 Å². The number of benzene rings is 13. The Morgan fingerprint density at radius 1 is 0.316 bits per heavy atom. The first-order valence-electron chi connectivity index (χ1n) is 34.0. The van der Waals surface area contributed by atoms with Gasteiger partial charge in [0, 0.05) is 57.0 Å². The molecule has 0 atom stereocenters. The maximum Gasteiger partial charge on any atom is 0.256 e. The number of anilines is 9. The standard InChI is InChI=1S/C89H71B2N3O/c1-86(2,3)56-47-57(87(4,5)6)49-61(48-56)93-77-53-80-74(52-73(77)90-71-39-22-24-41-75(71)92(59-27-12-10-13-28-59)78-50-58(88(7,8)9)51-79(93)83(78)90)91-72-40-23-25-42-76(72)94(60-29-14-11-15-30-60)85-63-44-43-54(45-55(63)46-81(95-80)84(85)91)62-34-26-35-67-66-33-18-21-38-70(66)89(82(62)67)68-36-19-16-31-64(68)65-32-17-20-37-69(65)89/h10-53H,1-9H3. The number of ether oxygens (including phenoxy) is 1. The lowest BCUT2D eigenvalue weighted by atomic mass is 9.30. The molecule has 0 fully saturated rings. The van der Waals surface area contributed by atoms with E-state index in [4.69, 9.17) is 4.74 Å². The second kappa shape index (κ2) is 19.8. The third-order valence-corrected chi connectivity index (χ3v) is 21.9. The molecule has 6 aliphatic rings. The highest BCUT2D eigenvalue weighted by molar-refractivity contribution is 7.02. The van der Waals surface area contributed by atoms with E-state index in [-0.39, 0.29) is 29.7 Å². The summed E-state index contributed by atoms with van der Waals surface area (Å²) in [5.74, 6) is 1.76. The second-order valence-electron chi connectivity index (χ2n) is 30.3. The van der Waals surface area contributed by atoms with Crippen LogP contribution in [-0.4, -0.2) is 13.4 Å². The van der Waals surface area contributed by atoms with Crippen molar-refractivity contribution in [1.82, 2.24) is 0 Å². The van der Waals surface area contributed by atoms with Gasteiger partial charge in [0.1, 0.15) is 11.5 Å². The Morgan fingerprint density at radius 2 is 0.789 bits per heavy atom. The van der Waals surface area contributed by atoms with Crippen molar-refractivity contribution < 1.29 is 4.74 Å². The van der Waals surface area contributed by atoms with Gasteiger partial charge in [-0.05, 0) is 200 Å². The van der Waals surface area contributed by atoms with Crippen LogP contribution in [0.25, 0.3) is 44.2 Å². The zero-order valence-corrected chi connectivity index (χ0v) is 55.3. The topological polar surface area (TPSA) is 19.0 Å². The molecule has 0 unspecified atom stereocenters. The molecule has 0 bridgehead atoms. The molecule has 95 heavy (non-hydrogen) atoms. The molecule has 4 heterocycles. The summed E-state index contributed by atoms with van der Waals surface area (Å²) in [6, 6.07) is 102. The van der Waals surface area contributed by atoms with E-state index in [9.17, 15) is 0 Å². The fourth-order valence-electron chi connectivity index (χ4n) is 17.5. The van der Waals surface area contributed by atoms with Crippen LogP contribution in [0.4, 0.5) is 51.2 Å². The second-order valence-corrected chi connectivity index (χ2v) is 30.3. The lowest BCUT2D eigenvalue weighted by Crippen LogP contribution is -2.64. The summed E-state index contributed by atoms with van der Waals surface area (Å²) in [6.45, 7) is 20.9. The van der Waals surface area contributed by atoms with Gasteiger partial charge in [0.15, 0.2) is 0 Å². The van der Waals surface area contributed by atoms with Gasteiger partial charge in [0.05, 0.1) is 11.1 Å². The van der Waals surface area contributed by atoms with Gasteiger partial charge in [0.25, 0.3) is 13.4 Å². The van der Waals surface area contributed by atoms with Gasteiger partial charge in [-0.15, -0.1) is 0 Å². The molecule has 19 rings (SSSR count). The van der Waals surface area contributed by atoms with Crippen LogP contribution in [0.1, 0.15) is 101 Å². The molecule has 0 saturated heterocycles. The number of fused-ring (bicyclic) bond motifs is 20. The summed E-state index contributed by atoms with van der Waals surface area (Å²) in [6.07, 6.45) is 0. The van der Waals surface area contributed by atoms with Crippen LogP contribution in [0.15, 0.2) is 267 Å². The summed E-state index contributed by atoms with van der Waals surface area (Å²) in [7, 11) is 0. The molecule has 13 aromatic carbocycles. The number of rotatable bonds is 4. The smallest absolute Gasteiger partial charge is 0.256 e. The molecule has 0 radical (unpaired) electrons. The fourth-order valence-corrected chi connectivity index (χ4v) is 17.5. The quantitative estimate of drug-likeness (QED) is 0.164. The van der Waals surface area contributed by atoms with Gasteiger partial charge in [-0.25, -0.2) is 0 Å². The molecule has 0 N–H and O–H groups in total. The van der Waals surface area contributed by atoms with Crippen LogP contribution >= 0.6 is 0 Å². The lowest BCUT2D eigenvalue weighted by Gasteiger charge is -2.46. The molecule has 0 aromatic heterocycles. The SMILES string of the molecule is CC(C)(C)c1cc(N2c3cc4c(cc3B3c5ccccc5N(c5ccccc5)c5cc(C(C)(C)C)cc2c53)B2c3ccccc3N(c3ccccc3)c3c2c(cc2cc(-c5cccc6c5C5(c7ccccc7-c7ccccc75)c5ccccc5-6)ccc32)O4)cc(C(C)(C)C)c1. The van der Waals surface area contributed by atoms with Crippen molar-refractivity contribution in [1.29, 1.82) is 0 Å². The van der Waals surface area contributed by atoms with Crippen molar-refractivity contribution in [3.63, 3.8) is 0 Å². The largest absolute Gasteiger partial charge is 0.458 e. The number of para-hydroxylation sites is 4. The predicted molar refractivity (Wildman–Crippen MR) is 402 cm³/mol. The Hall–Kier alpha value is -10.6. The van der Waals surface area contributed by atoms with E-state index in [1.54, 1.807) is 0 Å². The third-order valence-electron chi connectivity index (χ3n) is 21.9. The molecule has 0 saturated carbocycles. The Balaban J connectivity index is 0.883. The van der Waals surface area contributed by atoms with Crippen LogP contribution in [0, 0.1) is 0 Å². The minimum absolute atomic E-state index is 0.109. The first kappa shape index (κ1) is 56.0. The molecular weight excluding hydrogens is 1150 g/mol. The molecule has 4 aliphatic heterocycles. The van der Waals surface area contributed by atoms with Crippen LogP contribution in [-0.2, 0) is 21.7 Å². The van der Waals surface area contributed by atoms with Crippen molar-refractivity contribution in [2.45, 2.75) is 84.0 Å². The maximum absolute atomic E-state index is 7.91. The van der Waals surface area contributed by atoms with E-state index in [2.05, 4.69) is 344 Å². The normalized spacial score (nSPS) is 14.6. The molecule has 4 nitrogen and oxygen atoms in total. The van der Waals surface area contributed by atoms with E-state index in [1.807, 2.05) is 0 Å². The highest BCUT2D eigenvalue weighted by Crippen LogP contribution is 2.65. The van der Waals surface area contributed by atoms with Crippen molar-refractivity contribution in [3.8, 4) is 44.9 Å². The maximum atomic E-state index is 7.91. The average Bonchev–Trinajstić information content (AvgIpc) is 1.64. The minimum atomic E-state index is -0.507. The summed E-state index contributed by atoms with van der Waals surface area (Å²) in [5, 5.41) is 2.30. The van der Waals surface area contributed by atoms with Crippen molar-refractivity contribution in [2.24, 2.45) is 0 Å². The molecule has 2 aliphatic carbocycles. The minimum Gasteiger partial charge on any atom is -0.458 e. The van der Waals surface area contributed by atoms with E-state index in [0.29, 0.717) is 0 Å². The van der Waals surface area contributed by atoms with Crippen LogP contribution in [0.3, 0.4) is 0 Å². The molecule has 454 valence electrons. The van der Waals surface area contributed by atoms with Gasteiger partial charge >= 0.3 is 0 Å². The fraction of sp³-hybridized carbons (Fsp3) is 0.146. The monoisotopic (exact) mass is 1220 g/mol. The highest BCUT2D eigenvalue weighted by atomic mass is 16.5. The number of hydrogen-bond acceptors (Lipinski definition) is 4. The van der Waals surface area contributed by atoms with E-state index in [1.165, 1.54) is 133 Å². The molecule has 13 aromatic rings. The van der Waals surface area contributed by atoms with E-state index in [0.717, 1.165) is 45.3 Å². The lowest BCUT2D eigenvalue weighted by molar-refractivity contribution is 0.488. The third kappa shape index (κ3) is 7.86. The molecule has 0 amide bonds. The van der Waals surface area contributed by atoms with Crippen LogP contribution in [0.2, 0.25) is 0 Å². The Kier molecular flexibility index (Phi) is 11.7. The number of nitrogens with zero attached hydrogens (tertiary/aromatic N) is 3. The summed E-state index contributed by atoms with van der Waals surface area (Å²) >= 11 is 0. The highest BCUT2D eigenvalue weighted by Gasteiger charge is 2.54. The first-order chi connectivity index (χ1) is 46.0. The van der Waals surface area contributed by atoms with E-state index < -0.39 is 5.41 Å². The Bertz CT molecular complexity index is 5360. The van der Waals surface area contributed by atoms with Crippen LogP contribution in [0.5, 0.6) is 11.5 Å². The van der Waals surface area contributed by atoms with Crippen molar-refractivity contribution in [3.05, 3.63) is 306 Å². The van der Waals surface area contributed by atoms with Gasteiger partial charge in [-0.2, -0.15) is 0 Å². The predicted octanol–water partition coefficient (Wildman–Crippen LogP) is 19.2. The van der Waals surface area contributed by atoms with Gasteiger partial charge in [-0.1, -0.05) is 250 Å². The zero-order valence-electron chi connectivity index (χ0n) is 55.3. The summed E-state index contributed by atoms with van der Waals surface area (Å²) in [5.41, 5.74) is 33.9. The Morgan fingerprint density at radius 3 is 1.38 bits per heavy atom. The van der Waals surface area contributed by atoms with Crippen molar-refractivity contribution in [2.75, 3.05) is 14.7 Å². The van der Waals surface area contributed by atoms with E-state index >= 15 is 0 Å².